The second-order valence-electron chi connectivity index (χ2n) is 4.11. The van der Waals surface area contributed by atoms with Crippen molar-refractivity contribution in [3.8, 4) is 0 Å². The van der Waals surface area contributed by atoms with Gasteiger partial charge >= 0.3 is 0 Å². The van der Waals surface area contributed by atoms with Crippen LogP contribution in [0, 0.1) is 6.92 Å². The van der Waals surface area contributed by atoms with Crippen LogP contribution in [0.4, 0.5) is 5.69 Å². The van der Waals surface area contributed by atoms with E-state index in [0.717, 1.165) is 11.1 Å². The van der Waals surface area contributed by atoms with Crippen molar-refractivity contribution < 1.29 is 4.79 Å². The molecule has 2 rings (SSSR count). The predicted octanol–water partition coefficient (Wildman–Crippen LogP) is 3.00. The molecule has 0 saturated carbocycles. The van der Waals surface area contributed by atoms with E-state index in [1.807, 2.05) is 43.3 Å². The van der Waals surface area contributed by atoms with Crippen molar-refractivity contribution in [2.75, 3.05) is 5.73 Å². The number of benzene rings is 2. The summed E-state index contributed by atoms with van der Waals surface area (Å²) in [4.78, 5) is 12.1. The van der Waals surface area contributed by atoms with Gasteiger partial charge in [0.15, 0.2) is 5.78 Å². The number of para-hydroxylation sites is 1. The molecule has 0 unspecified atom stereocenters. The summed E-state index contributed by atoms with van der Waals surface area (Å²) in [6, 6.07) is 15.1. The van der Waals surface area contributed by atoms with Gasteiger partial charge in [0.2, 0.25) is 0 Å². The summed E-state index contributed by atoms with van der Waals surface area (Å²) in [5.41, 5.74) is 9.14. The van der Waals surface area contributed by atoms with E-state index in [1.54, 1.807) is 12.1 Å². The van der Waals surface area contributed by atoms with Crippen LogP contribution in [0.5, 0.6) is 0 Å². The Morgan fingerprint density at radius 2 is 1.71 bits per heavy atom. The zero-order valence-electron chi connectivity index (χ0n) is 9.81. The molecule has 2 aromatic carbocycles. The number of nitrogen functional groups attached to an aromatic ring is 1. The first kappa shape index (κ1) is 11.4. The van der Waals surface area contributed by atoms with E-state index in [-0.39, 0.29) is 5.78 Å². The Morgan fingerprint density at radius 1 is 1.06 bits per heavy atom. The third-order valence-electron chi connectivity index (χ3n) is 2.87. The number of aryl methyl sites for hydroxylation is 1. The first-order valence-electron chi connectivity index (χ1n) is 5.60. The molecule has 0 aliphatic rings. The lowest BCUT2D eigenvalue weighted by Gasteiger charge is -2.06. The van der Waals surface area contributed by atoms with Crippen LogP contribution < -0.4 is 5.73 Å². The molecule has 86 valence electrons. The molecule has 0 radical (unpaired) electrons. The summed E-state index contributed by atoms with van der Waals surface area (Å²) in [6.07, 6.45) is 0.404. The standard InChI is InChI=1S/C15H15NO/c1-11-6-2-3-7-12(11)10-15(17)13-8-4-5-9-14(13)16/h2-9H,10,16H2,1H3. The van der Waals surface area contributed by atoms with Crippen molar-refractivity contribution in [1.29, 1.82) is 0 Å². The van der Waals surface area contributed by atoms with E-state index in [0.29, 0.717) is 17.7 Å². The van der Waals surface area contributed by atoms with E-state index < -0.39 is 0 Å². The second kappa shape index (κ2) is 4.83. The summed E-state index contributed by atoms with van der Waals surface area (Å²) < 4.78 is 0. The molecular formula is C15H15NO. The van der Waals surface area contributed by atoms with Gasteiger partial charge in [-0.1, -0.05) is 36.4 Å². The van der Waals surface area contributed by atoms with Gasteiger partial charge < -0.3 is 5.73 Å². The maximum atomic E-state index is 12.1. The van der Waals surface area contributed by atoms with Crippen molar-refractivity contribution >= 4 is 11.5 Å². The highest BCUT2D eigenvalue weighted by Crippen LogP contribution is 2.16. The number of carbonyl (C=O) groups is 1. The molecule has 0 saturated heterocycles. The summed E-state index contributed by atoms with van der Waals surface area (Å²) in [5.74, 6) is 0.0670. The van der Waals surface area contributed by atoms with Gasteiger partial charge in [-0.15, -0.1) is 0 Å². The molecule has 0 fully saturated rings. The van der Waals surface area contributed by atoms with Gasteiger partial charge in [0, 0.05) is 17.7 Å². The number of ketones is 1. The van der Waals surface area contributed by atoms with Gasteiger partial charge in [-0.2, -0.15) is 0 Å². The predicted molar refractivity (Wildman–Crippen MR) is 70.1 cm³/mol. The smallest absolute Gasteiger partial charge is 0.169 e. The van der Waals surface area contributed by atoms with Gasteiger partial charge in [-0.25, -0.2) is 0 Å². The monoisotopic (exact) mass is 225 g/mol. The number of Topliss-reactive ketones (excluding diaryl/α,β-unsaturated/α-hetero) is 1. The molecule has 17 heavy (non-hydrogen) atoms. The van der Waals surface area contributed by atoms with Crippen molar-refractivity contribution in [3.05, 3.63) is 65.2 Å². The summed E-state index contributed by atoms with van der Waals surface area (Å²) in [7, 11) is 0. The van der Waals surface area contributed by atoms with Gasteiger partial charge in [-0.05, 0) is 30.2 Å². The van der Waals surface area contributed by atoms with Crippen LogP contribution in [0.1, 0.15) is 21.5 Å². The highest BCUT2D eigenvalue weighted by Gasteiger charge is 2.10. The van der Waals surface area contributed by atoms with Crippen LogP contribution in [0.3, 0.4) is 0 Å². The van der Waals surface area contributed by atoms with E-state index in [9.17, 15) is 4.79 Å². The average Bonchev–Trinajstić information content (AvgIpc) is 2.32. The lowest BCUT2D eigenvalue weighted by atomic mass is 9.99. The first-order chi connectivity index (χ1) is 8.18. The number of nitrogens with two attached hydrogens (primary N) is 1. The van der Waals surface area contributed by atoms with Gasteiger partial charge in [0.1, 0.15) is 0 Å². The van der Waals surface area contributed by atoms with Crippen LogP contribution in [-0.2, 0) is 6.42 Å². The van der Waals surface area contributed by atoms with Crippen LogP contribution >= 0.6 is 0 Å². The Labute approximate surface area is 101 Å². The molecule has 0 aromatic heterocycles. The zero-order chi connectivity index (χ0) is 12.3. The minimum atomic E-state index is 0.0670. The molecule has 0 bridgehead atoms. The Balaban J connectivity index is 2.24. The maximum absolute atomic E-state index is 12.1. The quantitative estimate of drug-likeness (QED) is 0.644. The molecule has 0 heterocycles. The Hall–Kier alpha value is -2.09. The number of hydrogen-bond acceptors (Lipinski definition) is 2. The lowest BCUT2D eigenvalue weighted by molar-refractivity contribution is 0.0993. The number of hydrogen-bond donors (Lipinski definition) is 1. The van der Waals surface area contributed by atoms with E-state index in [1.165, 1.54) is 0 Å². The summed E-state index contributed by atoms with van der Waals surface area (Å²) in [6.45, 7) is 2.01. The van der Waals surface area contributed by atoms with Crippen molar-refractivity contribution in [2.24, 2.45) is 0 Å². The SMILES string of the molecule is Cc1ccccc1CC(=O)c1ccccc1N. The Bertz CT molecular complexity index is 546. The van der Waals surface area contributed by atoms with Crippen LogP contribution in [0.15, 0.2) is 48.5 Å². The van der Waals surface area contributed by atoms with Crippen LogP contribution in [0.2, 0.25) is 0 Å². The molecular weight excluding hydrogens is 210 g/mol. The maximum Gasteiger partial charge on any atom is 0.169 e. The normalized spacial score (nSPS) is 10.2. The van der Waals surface area contributed by atoms with Gasteiger partial charge in [0.25, 0.3) is 0 Å². The Kier molecular flexibility index (Phi) is 3.24. The molecule has 0 aliphatic carbocycles. The number of carbonyl (C=O) groups excluding carboxylic acids is 1. The number of anilines is 1. The fraction of sp³-hybridized carbons (Fsp3) is 0.133. The average molecular weight is 225 g/mol. The minimum Gasteiger partial charge on any atom is -0.398 e. The third-order valence-corrected chi connectivity index (χ3v) is 2.87. The van der Waals surface area contributed by atoms with E-state index in [4.69, 9.17) is 5.73 Å². The van der Waals surface area contributed by atoms with Crippen LogP contribution in [0.25, 0.3) is 0 Å². The lowest BCUT2D eigenvalue weighted by Crippen LogP contribution is -2.07. The third kappa shape index (κ3) is 2.53. The van der Waals surface area contributed by atoms with Crippen molar-refractivity contribution in [3.63, 3.8) is 0 Å². The zero-order valence-corrected chi connectivity index (χ0v) is 9.81. The molecule has 2 nitrogen and oxygen atoms in total. The van der Waals surface area contributed by atoms with Crippen molar-refractivity contribution in [1.82, 2.24) is 0 Å². The van der Waals surface area contributed by atoms with Crippen molar-refractivity contribution in [2.45, 2.75) is 13.3 Å². The molecule has 2 aromatic rings. The summed E-state index contributed by atoms with van der Waals surface area (Å²) >= 11 is 0. The first-order valence-corrected chi connectivity index (χ1v) is 5.60. The minimum absolute atomic E-state index is 0.0670. The van der Waals surface area contributed by atoms with Gasteiger partial charge in [-0.3, -0.25) is 4.79 Å². The molecule has 2 N–H and O–H groups in total. The fourth-order valence-electron chi connectivity index (χ4n) is 1.83. The molecule has 2 heteroatoms. The molecule has 0 atom stereocenters. The highest BCUT2D eigenvalue weighted by molar-refractivity contribution is 6.01. The van der Waals surface area contributed by atoms with E-state index >= 15 is 0 Å². The van der Waals surface area contributed by atoms with Crippen LogP contribution in [-0.4, -0.2) is 5.78 Å². The fourth-order valence-corrected chi connectivity index (χ4v) is 1.83. The highest BCUT2D eigenvalue weighted by atomic mass is 16.1. The molecule has 0 aliphatic heterocycles. The molecule has 0 spiro atoms. The Morgan fingerprint density at radius 3 is 2.41 bits per heavy atom. The number of rotatable bonds is 3. The van der Waals surface area contributed by atoms with Gasteiger partial charge in [0.05, 0.1) is 0 Å². The molecule has 0 amide bonds. The largest absolute Gasteiger partial charge is 0.398 e. The summed E-state index contributed by atoms with van der Waals surface area (Å²) in [5, 5.41) is 0. The topological polar surface area (TPSA) is 43.1 Å². The van der Waals surface area contributed by atoms with E-state index in [2.05, 4.69) is 0 Å². The second-order valence-corrected chi connectivity index (χ2v) is 4.11.